The SMILES string of the molecule is CC(=NC(Cc1ccccc1)C(=O)O)NC#N. The Morgan fingerprint density at radius 2 is 2.18 bits per heavy atom. The van der Waals surface area contributed by atoms with Crippen molar-refractivity contribution in [2.45, 2.75) is 19.4 Å². The van der Waals surface area contributed by atoms with Crippen molar-refractivity contribution in [3.63, 3.8) is 0 Å². The molecular formula is C12H13N3O2. The summed E-state index contributed by atoms with van der Waals surface area (Å²) in [5.74, 6) is -0.705. The number of nitrogens with one attached hydrogen (secondary N) is 1. The number of nitrogens with zero attached hydrogens (tertiary/aromatic N) is 2. The molecular weight excluding hydrogens is 218 g/mol. The minimum Gasteiger partial charge on any atom is -0.480 e. The van der Waals surface area contributed by atoms with Crippen LogP contribution < -0.4 is 5.32 Å². The van der Waals surface area contributed by atoms with Gasteiger partial charge in [0, 0.05) is 6.42 Å². The summed E-state index contributed by atoms with van der Waals surface area (Å²) in [4.78, 5) is 15.0. The average molecular weight is 231 g/mol. The van der Waals surface area contributed by atoms with E-state index in [-0.39, 0.29) is 0 Å². The fourth-order valence-corrected chi connectivity index (χ4v) is 1.37. The van der Waals surface area contributed by atoms with Gasteiger partial charge in [-0.3, -0.25) is 10.3 Å². The molecule has 1 unspecified atom stereocenters. The lowest BCUT2D eigenvalue weighted by atomic mass is 10.1. The molecule has 0 bridgehead atoms. The smallest absolute Gasteiger partial charge is 0.328 e. The van der Waals surface area contributed by atoms with Crippen LogP contribution in [0.15, 0.2) is 35.3 Å². The van der Waals surface area contributed by atoms with Gasteiger partial charge in [0.1, 0.15) is 5.84 Å². The van der Waals surface area contributed by atoms with Crippen molar-refractivity contribution in [3.8, 4) is 6.19 Å². The maximum atomic E-state index is 11.0. The van der Waals surface area contributed by atoms with Crippen LogP contribution in [0, 0.1) is 11.5 Å². The first kappa shape index (κ1) is 12.7. The normalized spacial score (nSPS) is 12.6. The second-order valence-electron chi connectivity index (χ2n) is 3.50. The first-order valence-electron chi connectivity index (χ1n) is 5.09. The van der Waals surface area contributed by atoms with Crippen molar-refractivity contribution in [2.75, 3.05) is 0 Å². The number of carboxylic acids is 1. The van der Waals surface area contributed by atoms with Crippen LogP contribution in [0.1, 0.15) is 12.5 Å². The van der Waals surface area contributed by atoms with E-state index in [0.29, 0.717) is 12.3 Å². The predicted molar refractivity (Wildman–Crippen MR) is 63.4 cm³/mol. The highest BCUT2D eigenvalue weighted by Crippen LogP contribution is 2.06. The van der Waals surface area contributed by atoms with Gasteiger partial charge in [-0.05, 0) is 12.5 Å². The molecule has 0 radical (unpaired) electrons. The second kappa shape index (κ2) is 6.28. The zero-order valence-corrected chi connectivity index (χ0v) is 9.42. The molecule has 0 aliphatic carbocycles. The number of hydrogen-bond acceptors (Lipinski definition) is 3. The molecule has 1 atom stereocenters. The van der Waals surface area contributed by atoms with Crippen LogP contribution in [-0.2, 0) is 11.2 Å². The maximum Gasteiger partial charge on any atom is 0.328 e. The number of hydrogen-bond donors (Lipinski definition) is 2. The number of aliphatic imine (C=N–C) groups is 1. The molecule has 0 fully saturated rings. The second-order valence-corrected chi connectivity index (χ2v) is 3.50. The Morgan fingerprint density at radius 3 is 2.71 bits per heavy atom. The number of nitriles is 1. The Hall–Kier alpha value is -2.35. The first-order valence-corrected chi connectivity index (χ1v) is 5.09. The Labute approximate surface area is 99.4 Å². The molecule has 5 heteroatoms. The minimum atomic E-state index is -1.01. The molecule has 17 heavy (non-hydrogen) atoms. The van der Waals surface area contributed by atoms with E-state index in [4.69, 9.17) is 10.4 Å². The van der Waals surface area contributed by atoms with Crippen LogP contribution in [0.5, 0.6) is 0 Å². The van der Waals surface area contributed by atoms with E-state index >= 15 is 0 Å². The molecule has 1 rings (SSSR count). The van der Waals surface area contributed by atoms with Gasteiger partial charge in [-0.15, -0.1) is 0 Å². The maximum absolute atomic E-state index is 11.0. The molecule has 0 heterocycles. The van der Waals surface area contributed by atoms with Crippen LogP contribution in [0.3, 0.4) is 0 Å². The average Bonchev–Trinajstić information content (AvgIpc) is 2.29. The lowest BCUT2D eigenvalue weighted by Gasteiger charge is -2.08. The Bertz CT molecular complexity index is 449. The summed E-state index contributed by atoms with van der Waals surface area (Å²) in [5, 5.41) is 19.7. The van der Waals surface area contributed by atoms with Crippen LogP contribution in [0.25, 0.3) is 0 Å². The highest BCUT2D eigenvalue weighted by molar-refractivity contribution is 5.84. The summed E-state index contributed by atoms with van der Waals surface area (Å²) in [5.41, 5.74) is 0.897. The van der Waals surface area contributed by atoms with Crippen molar-refractivity contribution in [1.82, 2.24) is 5.32 Å². The number of amidine groups is 1. The van der Waals surface area contributed by atoms with Crippen molar-refractivity contribution in [1.29, 1.82) is 5.26 Å². The van der Waals surface area contributed by atoms with Crippen molar-refractivity contribution in [2.24, 2.45) is 4.99 Å². The number of aliphatic carboxylic acids is 1. The highest BCUT2D eigenvalue weighted by atomic mass is 16.4. The van der Waals surface area contributed by atoms with Crippen LogP contribution in [-0.4, -0.2) is 23.0 Å². The minimum absolute atomic E-state index is 0.302. The van der Waals surface area contributed by atoms with Gasteiger partial charge in [-0.2, -0.15) is 5.26 Å². The zero-order valence-electron chi connectivity index (χ0n) is 9.42. The summed E-state index contributed by atoms with van der Waals surface area (Å²) in [6.07, 6.45) is 2.01. The third kappa shape index (κ3) is 4.34. The van der Waals surface area contributed by atoms with E-state index in [0.717, 1.165) is 5.56 Å². The lowest BCUT2D eigenvalue weighted by Crippen LogP contribution is -2.25. The molecule has 0 saturated carbocycles. The van der Waals surface area contributed by atoms with Gasteiger partial charge in [0.15, 0.2) is 12.2 Å². The summed E-state index contributed by atoms with van der Waals surface area (Å²) in [6.45, 7) is 1.56. The standard InChI is InChI=1S/C12H13N3O2/c1-9(14-8-13)15-11(12(16)17)7-10-5-3-2-4-6-10/h2-6,11H,7H2,1H3,(H,14,15)(H,16,17). The number of carboxylic acid groups (broad SMARTS) is 1. The highest BCUT2D eigenvalue weighted by Gasteiger charge is 2.16. The molecule has 1 aromatic carbocycles. The topological polar surface area (TPSA) is 85.5 Å². The molecule has 0 aliphatic rings. The fraction of sp³-hybridized carbons (Fsp3) is 0.250. The molecule has 2 N–H and O–H groups in total. The van der Waals surface area contributed by atoms with Crippen LogP contribution in [0.4, 0.5) is 0 Å². The van der Waals surface area contributed by atoms with E-state index in [1.807, 2.05) is 30.3 Å². The summed E-state index contributed by atoms with van der Waals surface area (Å²) >= 11 is 0. The van der Waals surface area contributed by atoms with E-state index in [9.17, 15) is 4.79 Å². The third-order valence-corrected chi connectivity index (χ3v) is 2.14. The predicted octanol–water partition coefficient (Wildman–Crippen LogP) is 1.17. The first-order chi connectivity index (χ1) is 8.13. The van der Waals surface area contributed by atoms with Gasteiger partial charge >= 0.3 is 5.97 Å². The number of carbonyl (C=O) groups is 1. The van der Waals surface area contributed by atoms with E-state index in [1.54, 1.807) is 13.1 Å². The Balaban J connectivity index is 2.78. The van der Waals surface area contributed by atoms with E-state index < -0.39 is 12.0 Å². The van der Waals surface area contributed by atoms with E-state index in [1.165, 1.54) is 0 Å². The quantitative estimate of drug-likeness (QED) is 0.352. The largest absolute Gasteiger partial charge is 0.480 e. The van der Waals surface area contributed by atoms with Crippen molar-refractivity contribution >= 4 is 11.8 Å². The third-order valence-electron chi connectivity index (χ3n) is 2.14. The monoisotopic (exact) mass is 231 g/mol. The molecule has 5 nitrogen and oxygen atoms in total. The van der Waals surface area contributed by atoms with Crippen LogP contribution in [0.2, 0.25) is 0 Å². The Kier molecular flexibility index (Phi) is 4.70. The summed E-state index contributed by atoms with van der Waals surface area (Å²) < 4.78 is 0. The molecule has 0 amide bonds. The molecule has 0 aromatic heterocycles. The summed E-state index contributed by atoms with van der Waals surface area (Å²) in [6, 6.07) is 8.37. The van der Waals surface area contributed by atoms with E-state index in [2.05, 4.69) is 10.3 Å². The van der Waals surface area contributed by atoms with Gasteiger partial charge in [0.25, 0.3) is 0 Å². The van der Waals surface area contributed by atoms with Crippen molar-refractivity contribution < 1.29 is 9.90 Å². The van der Waals surface area contributed by atoms with Crippen LogP contribution >= 0.6 is 0 Å². The fourth-order valence-electron chi connectivity index (χ4n) is 1.37. The lowest BCUT2D eigenvalue weighted by molar-refractivity contribution is -0.138. The van der Waals surface area contributed by atoms with Gasteiger partial charge in [0.2, 0.25) is 0 Å². The Morgan fingerprint density at radius 1 is 1.53 bits per heavy atom. The summed E-state index contributed by atoms with van der Waals surface area (Å²) in [7, 11) is 0. The number of benzene rings is 1. The van der Waals surface area contributed by atoms with Gasteiger partial charge in [-0.25, -0.2) is 4.79 Å². The molecule has 0 spiro atoms. The molecule has 1 aromatic rings. The van der Waals surface area contributed by atoms with Gasteiger partial charge in [0.05, 0.1) is 0 Å². The molecule has 88 valence electrons. The van der Waals surface area contributed by atoms with Gasteiger partial charge < -0.3 is 5.11 Å². The van der Waals surface area contributed by atoms with Gasteiger partial charge in [-0.1, -0.05) is 30.3 Å². The number of rotatable bonds is 4. The zero-order chi connectivity index (χ0) is 12.7. The van der Waals surface area contributed by atoms with Crippen molar-refractivity contribution in [3.05, 3.63) is 35.9 Å². The molecule has 0 saturated heterocycles. The molecule has 0 aliphatic heterocycles.